The Bertz CT molecular complexity index is 423. The Balaban J connectivity index is 2.65. The highest BCUT2D eigenvalue weighted by molar-refractivity contribution is 7.90. The topological polar surface area (TPSA) is 54.4 Å². The summed E-state index contributed by atoms with van der Waals surface area (Å²) in [6.45, 7) is 1.94. The van der Waals surface area contributed by atoms with Crippen LogP contribution in [0.15, 0.2) is 24.3 Å². The Morgan fingerprint density at radius 3 is 2.60 bits per heavy atom. The first-order chi connectivity index (χ1) is 6.88. The van der Waals surface area contributed by atoms with E-state index in [4.69, 9.17) is 0 Å². The molecule has 0 spiro atoms. The van der Waals surface area contributed by atoms with Crippen molar-refractivity contribution >= 4 is 9.84 Å². The highest BCUT2D eigenvalue weighted by Gasteiger charge is 2.11. The molecule has 0 aliphatic rings. The molecule has 0 aromatic heterocycles. The number of rotatable bonds is 4. The second-order valence-corrected chi connectivity index (χ2v) is 6.11. The zero-order chi connectivity index (χ0) is 11.5. The van der Waals surface area contributed by atoms with E-state index in [1.165, 1.54) is 6.26 Å². The van der Waals surface area contributed by atoms with E-state index in [0.717, 1.165) is 11.1 Å². The second kappa shape index (κ2) is 4.77. The first kappa shape index (κ1) is 12.2. The molecule has 1 atom stereocenters. The third-order valence-corrected chi connectivity index (χ3v) is 3.17. The van der Waals surface area contributed by atoms with Crippen molar-refractivity contribution in [3.8, 4) is 0 Å². The zero-order valence-corrected chi connectivity index (χ0v) is 9.79. The number of aliphatic hydroxyl groups excluding tert-OH is 1. The van der Waals surface area contributed by atoms with Crippen LogP contribution in [-0.4, -0.2) is 25.5 Å². The van der Waals surface area contributed by atoms with Gasteiger partial charge >= 0.3 is 0 Å². The van der Waals surface area contributed by atoms with Crippen molar-refractivity contribution in [1.82, 2.24) is 0 Å². The van der Waals surface area contributed by atoms with Gasteiger partial charge in [-0.1, -0.05) is 29.8 Å². The van der Waals surface area contributed by atoms with Gasteiger partial charge in [0, 0.05) is 6.26 Å². The van der Waals surface area contributed by atoms with Crippen molar-refractivity contribution in [2.75, 3.05) is 12.0 Å². The van der Waals surface area contributed by atoms with Crippen LogP contribution >= 0.6 is 0 Å². The maximum absolute atomic E-state index is 10.9. The first-order valence-electron chi connectivity index (χ1n) is 4.81. The van der Waals surface area contributed by atoms with Gasteiger partial charge in [0.1, 0.15) is 9.84 Å². The van der Waals surface area contributed by atoms with Gasteiger partial charge in [0.05, 0.1) is 11.9 Å². The summed E-state index contributed by atoms with van der Waals surface area (Å²) < 4.78 is 21.8. The van der Waals surface area contributed by atoms with Crippen LogP contribution in [0.5, 0.6) is 0 Å². The zero-order valence-electron chi connectivity index (χ0n) is 8.97. The van der Waals surface area contributed by atoms with Gasteiger partial charge in [-0.2, -0.15) is 0 Å². The summed E-state index contributed by atoms with van der Waals surface area (Å²) >= 11 is 0. The fraction of sp³-hybridized carbons (Fsp3) is 0.455. The lowest BCUT2D eigenvalue weighted by molar-refractivity contribution is 0.174. The minimum atomic E-state index is -3.00. The van der Waals surface area contributed by atoms with Crippen molar-refractivity contribution in [1.29, 1.82) is 0 Å². The summed E-state index contributed by atoms with van der Waals surface area (Å²) in [4.78, 5) is 0. The van der Waals surface area contributed by atoms with Gasteiger partial charge in [0.15, 0.2) is 0 Å². The molecule has 0 radical (unpaired) electrons. The Labute approximate surface area is 90.7 Å². The molecule has 0 bridgehead atoms. The molecule has 84 valence electrons. The highest BCUT2D eigenvalue weighted by Crippen LogP contribution is 2.18. The Morgan fingerprint density at radius 2 is 2.07 bits per heavy atom. The monoisotopic (exact) mass is 228 g/mol. The minimum absolute atomic E-state index is 0.0160. The highest BCUT2D eigenvalue weighted by atomic mass is 32.2. The summed E-state index contributed by atoms with van der Waals surface area (Å²) in [5.41, 5.74) is 1.84. The van der Waals surface area contributed by atoms with Gasteiger partial charge in [-0.25, -0.2) is 8.42 Å². The average molecular weight is 228 g/mol. The van der Waals surface area contributed by atoms with Crippen molar-refractivity contribution < 1.29 is 13.5 Å². The molecule has 0 aliphatic carbocycles. The lowest BCUT2D eigenvalue weighted by atomic mass is 10.1. The van der Waals surface area contributed by atoms with E-state index in [0.29, 0.717) is 0 Å². The van der Waals surface area contributed by atoms with Crippen molar-refractivity contribution in [3.05, 3.63) is 35.4 Å². The predicted molar refractivity (Wildman–Crippen MR) is 60.5 cm³/mol. The average Bonchev–Trinajstić information content (AvgIpc) is 2.13. The molecule has 1 rings (SSSR count). The van der Waals surface area contributed by atoms with E-state index >= 15 is 0 Å². The largest absolute Gasteiger partial charge is 0.388 e. The summed E-state index contributed by atoms with van der Waals surface area (Å²) in [5.74, 6) is 0.0160. The van der Waals surface area contributed by atoms with Gasteiger partial charge in [-0.3, -0.25) is 0 Å². The van der Waals surface area contributed by atoms with Crippen molar-refractivity contribution in [3.63, 3.8) is 0 Å². The molecule has 0 aliphatic heterocycles. The fourth-order valence-electron chi connectivity index (χ4n) is 1.37. The normalized spacial score (nSPS) is 13.8. The molecule has 1 unspecified atom stereocenters. The van der Waals surface area contributed by atoms with E-state index in [-0.39, 0.29) is 12.2 Å². The van der Waals surface area contributed by atoms with Gasteiger partial charge in [-0.05, 0) is 18.9 Å². The maximum Gasteiger partial charge on any atom is 0.147 e. The van der Waals surface area contributed by atoms with Crippen LogP contribution in [0.2, 0.25) is 0 Å². The Hall–Kier alpha value is -0.870. The molecule has 15 heavy (non-hydrogen) atoms. The van der Waals surface area contributed by atoms with Gasteiger partial charge in [-0.15, -0.1) is 0 Å². The lowest BCUT2D eigenvalue weighted by Crippen LogP contribution is -2.08. The first-order valence-corrected chi connectivity index (χ1v) is 6.87. The van der Waals surface area contributed by atoms with Gasteiger partial charge in [0.2, 0.25) is 0 Å². The van der Waals surface area contributed by atoms with Gasteiger partial charge in [0.25, 0.3) is 0 Å². The molecule has 0 saturated heterocycles. The predicted octanol–water partition coefficient (Wildman–Crippen LogP) is 1.46. The lowest BCUT2D eigenvalue weighted by Gasteiger charge is -2.10. The molecule has 0 heterocycles. The van der Waals surface area contributed by atoms with Gasteiger partial charge < -0.3 is 5.11 Å². The van der Waals surface area contributed by atoms with Crippen molar-refractivity contribution in [2.24, 2.45) is 0 Å². The number of benzene rings is 1. The summed E-state index contributed by atoms with van der Waals surface area (Å²) in [7, 11) is -3.00. The standard InChI is InChI=1S/C11H16O3S/c1-9-4-3-5-10(8-9)11(12)6-7-15(2,13)14/h3-5,8,11-12H,6-7H2,1-2H3. The molecule has 0 saturated carbocycles. The van der Waals surface area contributed by atoms with Crippen LogP contribution in [0.25, 0.3) is 0 Å². The number of hydrogen-bond acceptors (Lipinski definition) is 3. The molecule has 0 fully saturated rings. The molecular weight excluding hydrogens is 212 g/mol. The molecule has 0 amide bonds. The quantitative estimate of drug-likeness (QED) is 0.849. The number of sulfone groups is 1. The Morgan fingerprint density at radius 1 is 1.40 bits per heavy atom. The molecule has 4 heteroatoms. The smallest absolute Gasteiger partial charge is 0.147 e. The maximum atomic E-state index is 10.9. The van der Waals surface area contributed by atoms with E-state index in [9.17, 15) is 13.5 Å². The van der Waals surface area contributed by atoms with Crippen LogP contribution in [0.3, 0.4) is 0 Å². The third kappa shape index (κ3) is 4.44. The van der Waals surface area contributed by atoms with Crippen LogP contribution in [0.4, 0.5) is 0 Å². The second-order valence-electron chi connectivity index (χ2n) is 3.85. The SMILES string of the molecule is Cc1cccc(C(O)CCS(C)(=O)=O)c1. The van der Waals surface area contributed by atoms with E-state index in [2.05, 4.69) is 0 Å². The van der Waals surface area contributed by atoms with Crippen LogP contribution < -0.4 is 0 Å². The molecule has 1 N–H and O–H groups in total. The van der Waals surface area contributed by atoms with E-state index in [1.54, 1.807) is 6.07 Å². The van der Waals surface area contributed by atoms with Crippen LogP contribution in [-0.2, 0) is 9.84 Å². The Kier molecular flexibility index (Phi) is 3.88. The van der Waals surface area contributed by atoms with E-state index in [1.807, 2.05) is 25.1 Å². The van der Waals surface area contributed by atoms with Crippen LogP contribution in [0, 0.1) is 6.92 Å². The summed E-state index contributed by atoms with van der Waals surface area (Å²) in [6, 6.07) is 7.47. The molecular formula is C11H16O3S. The fourth-order valence-corrected chi connectivity index (χ4v) is 2.02. The summed E-state index contributed by atoms with van der Waals surface area (Å²) in [5, 5.41) is 9.74. The number of aryl methyl sites for hydroxylation is 1. The molecule has 3 nitrogen and oxygen atoms in total. The number of aliphatic hydroxyl groups is 1. The third-order valence-electron chi connectivity index (χ3n) is 2.19. The number of hydrogen-bond donors (Lipinski definition) is 1. The molecule has 1 aromatic carbocycles. The van der Waals surface area contributed by atoms with Crippen molar-refractivity contribution in [2.45, 2.75) is 19.4 Å². The molecule has 1 aromatic rings. The summed E-state index contributed by atoms with van der Waals surface area (Å²) in [6.07, 6.45) is 0.734. The van der Waals surface area contributed by atoms with E-state index < -0.39 is 15.9 Å². The van der Waals surface area contributed by atoms with Crippen LogP contribution in [0.1, 0.15) is 23.7 Å². The minimum Gasteiger partial charge on any atom is -0.388 e.